The summed E-state index contributed by atoms with van der Waals surface area (Å²) in [5, 5.41) is 0.986. The van der Waals surface area contributed by atoms with Crippen molar-refractivity contribution in [1.29, 1.82) is 0 Å². The summed E-state index contributed by atoms with van der Waals surface area (Å²) >= 11 is 12.4. The molecule has 2 aromatic rings. The zero-order valence-electron chi connectivity index (χ0n) is 15.5. The number of rotatable bonds is 3. The molecule has 0 aromatic heterocycles. The van der Waals surface area contributed by atoms with Gasteiger partial charge in [0.25, 0.3) is 0 Å². The maximum atomic E-state index is 13.9. The van der Waals surface area contributed by atoms with E-state index in [1.165, 1.54) is 6.08 Å². The summed E-state index contributed by atoms with van der Waals surface area (Å²) in [6.45, 7) is 0.526. The zero-order chi connectivity index (χ0) is 20.8. The molecule has 0 spiro atoms. The summed E-state index contributed by atoms with van der Waals surface area (Å²) in [6.07, 6.45) is -1.45. The van der Waals surface area contributed by atoms with Crippen molar-refractivity contribution < 1.29 is 13.2 Å². The fraction of sp³-hybridized carbons (Fsp3) is 0.182. The molecule has 0 aliphatic carbocycles. The van der Waals surface area contributed by atoms with Crippen LogP contribution < -0.4 is 0 Å². The summed E-state index contributed by atoms with van der Waals surface area (Å²) in [4.78, 5) is 3.65. The minimum atomic E-state index is -4.44. The van der Waals surface area contributed by atoms with E-state index < -0.39 is 11.7 Å². The molecule has 0 unspecified atom stereocenters. The van der Waals surface area contributed by atoms with E-state index in [1.807, 2.05) is 23.1 Å². The highest BCUT2D eigenvalue weighted by Crippen LogP contribution is 2.44. The number of hydrogen-bond acceptors (Lipinski definition) is 2. The van der Waals surface area contributed by atoms with Crippen LogP contribution in [0.4, 0.5) is 13.2 Å². The SMILES string of the molecule is CN1C=C2C(=C(C(F)(F)F)C=C(c3ccccc3)N2Cc2ccc(Cl)cc2Cl)C1. The molecule has 0 N–H and O–H groups in total. The molecule has 0 amide bonds. The third-order valence-electron chi connectivity index (χ3n) is 4.97. The fourth-order valence-corrected chi connectivity index (χ4v) is 4.11. The van der Waals surface area contributed by atoms with Gasteiger partial charge in [0.2, 0.25) is 0 Å². The average molecular weight is 437 g/mol. The first-order valence-electron chi connectivity index (χ1n) is 8.95. The number of halogens is 5. The lowest BCUT2D eigenvalue weighted by atomic mass is 9.95. The number of hydrogen-bond donors (Lipinski definition) is 0. The number of allylic oxidation sites excluding steroid dienone is 2. The highest BCUT2D eigenvalue weighted by molar-refractivity contribution is 6.35. The van der Waals surface area contributed by atoms with Crippen LogP contribution >= 0.6 is 23.2 Å². The van der Waals surface area contributed by atoms with Gasteiger partial charge in [-0.3, -0.25) is 0 Å². The van der Waals surface area contributed by atoms with Crippen molar-refractivity contribution in [1.82, 2.24) is 9.80 Å². The Hall–Kier alpha value is -2.37. The van der Waals surface area contributed by atoms with Crippen LogP contribution in [0.3, 0.4) is 0 Å². The lowest BCUT2D eigenvalue weighted by molar-refractivity contribution is -0.0892. The van der Waals surface area contributed by atoms with Crippen molar-refractivity contribution in [3.8, 4) is 0 Å². The molecular weight excluding hydrogens is 420 g/mol. The van der Waals surface area contributed by atoms with E-state index in [2.05, 4.69) is 0 Å². The van der Waals surface area contributed by atoms with Crippen LogP contribution in [0.1, 0.15) is 11.1 Å². The maximum absolute atomic E-state index is 13.9. The van der Waals surface area contributed by atoms with Crippen molar-refractivity contribution >= 4 is 28.9 Å². The van der Waals surface area contributed by atoms with Crippen molar-refractivity contribution in [3.63, 3.8) is 0 Å². The van der Waals surface area contributed by atoms with E-state index in [0.717, 1.165) is 5.56 Å². The smallest absolute Gasteiger partial charge is 0.374 e. The van der Waals surface area contributed by atoms with Crippen LogP contribution in [0.15, 0.2) is 77.7 Å². The third kappa shape index (κ3) is 3.89. The van der Waals surface area contributed by atoms with Crippen molar-refractivity contribution in [3.05, 3.63) is 98.8 Å². The Morgan fingerprint density at radius 2 is 1.72 bits per heavy atom. The molecule has 2 aliphatic heterocycles. The number of nitrogens with zero attached hydrogens (tertiary/aromatic N) is 2. The lowest BCUT2D eigenvalue weighted by Gasteiger charge is -2.34. The van der Waals surface area contributed by atoms with Gasteiger partial charge in [-0.05, 0) is 29.3 Å². The summed E-state index contributed by atoms with van der Waals surface area (Å²) in [5.41, 5.74) is 2.16. The first-order valence-corrected chi connectivity index (χ1v) is 9.71. The number of likely N-dealkylation sites (N-methyl/N-ethyl adjacent to an activating group) is 1. The molecule has 0 fully saturated rings. The van der Waals surface area contributed by atoms with Gasteiger partial charge in [0, 0.05) is 47.7 Å². The third-order valence-corrected chi connectivity index (χ3v) is 5.55. The minimum Gasteiger partial charge on any atom is -0.374 e. The van der Waals surface area contributed by atoms with Gasteiger partial charge in [-0.1, -0.05) is 59.6 Å². The normalized spacial score (nSPS) is 16.8. The van der Waals surface area contributed by atoms with E-state index >= 15 is 0 Å². The maximum Gasteiger partial charge on any atom is 0.416 e. The van der Waals surface area contributed by atoms with Gasteiger partial charge < -0.3 is 9.80 Å². The predicted molar refractivity (Wildman–Crippen MR) is 110 cm³/mol. The Kier molecular flexibility index (Phi) is 5.13. The molecule has 0 bridgehead atoms. The molecule has 0 atom stereocenters. The second-order valence-electron chi connectivity index (χ2n) is 7.04. The quantitative estimate of drug-likeness (QED) is 0.541. The molecule has 29 heavy (non-hydrogen) atoms. The highest BCUT2D eigenvalue weighted by Gasteiger charge is 2.42. The summed E-state index contributed by atoms with van der Waals surface area (Å²) in [7, 11) is 1.77. The summed E-state index contributed by atoms with van der Waals surface area (Å²) in [5.74, 6) is 0. The Morgan fingerprint density at radius 3 is 2.38 bits per heavy atom. The van der Waals surface area contributed by atoms with E-state index in [1.54, 1.807) is 48.5 Å². The van der Waals surface area contributed by atoms with Gasteiger partial charge in [0.05, 0.1) is 11.3 Å². The van der Waals surface area contributed by atoms with Gasteiger partial charge in [-0.25, -0.2) is 0 Å². The minimum absolute atomic E-state index is 0.202. The molecule has 4 rings (SSSR count). The largest absolute Gasteiger partial charge is 0.416 e. The first-order chi connectivity index (χ1) is 13.7. The summed E-state index contributed by atoms with van der Waals surface area (Å²) < 4.78 is 41.6. The number of fused-ring (bicyclic) bond motifs is 1. The molecular formula is C22H17Cl2F3N2. The molecule has 0 radical (unpaired) electrons. The van der Waals surface area contributed by atoms with Crippen LogP contribution in [0.2, 0.25) is 10.0 Å². The Labute approximate surface area is 177 Å². The average Bonchev–Trinajstić information content (AvgIpc) is 3.05. The van der Waals surface area contributed by atoms with Gasteiger partial charge in [-0.2, -0.15) is 13.2 Å². The van der Waals surface area contributed by atoms with E-state index in [4.69, 9.17) is 23.2 Å². The highest BCUT2D eigenvalue weighted by atomic mass is 35.5. The molecule has 150 valence electrons. The molecule has 2 heterocycles. The predicted octanol–water partition coefficient (Wildman–Crippen LogP) is 6.50. The monoisotopic (exact) mass is 436 g/mol. The Morgan fingerprint density at radius 1 is 1.00 bits per heavy atom. The van der Waals surface area contributed by atoms with Gasteiger partial charge in [-0.15, -0.1) is 0 Å². The van der Waals surface area contributed by atoms with Crippen LogP contribution in [0.5, 0.6) is 0 Å². The van der Waals surface area contributed by atoms with E-state index in [0.29, 0.717) is 33.5 Å². The molecule has 2 nitrogen and oxygen atoms in total. The number of benzene rings is 2. The second kappa shape index (κ2) is 7.47. The van der Waals surface area contributed by atoms with E-state index in [9.17, 15) is 13.2 Å². The fourth-order valence-electron chi connectivity index (χ4n) is 3.64. The molecule has 0 saturated heterocycles. The zero-order valence-corrected chi connectivity index (χ0v) is 17.0. The van der Waals surface area contributed by atoms with Crippen LogP contribution in [-0.2, 0) is 6.54 Å². The van der Waals surface area contributed by atoms with Gasteiger partial charge in [0.1, 0.15) is 0 Å². The van der Waals surface area contributed by atoms with Crippen molar-refractivity contribution in [2.75, 3.05) is 13.6 Å². The van der Waals surface area contributed by atoms with Gasteiger partial charge in [0.15, 0.2) is 0 Å². The Balaban J connectivity index is 1.87. The van der Waals surface area contributed by atoms with E-state index in [-0.39, 0.29) is 12.1 Å². The van der Waals surface area contributed by atoms with Crippen LogP contribution in [-0.4, -0.2) is 29.6 Å². The van der Waals surface area contributed by atoms with Gasteiger partial charge >= 0.3 is 6.18 Å². The van der Waals surface area contributed by atoms with Crippen LogP contribution in [0, 0.1) is 0 Å². The van der Waals surface area contributed by atoms with Crippen molar-refractivity contribution in [2.45, 2.75) is 12.7 Å². The standard InChI is InChI=1S/C22H17Cl2F3N2/c1-28-12-17-18(22(25,26)27)10-20(14-5-3-2-4-6-14)29(21(17)13-28)11-15-7-8-16(23)9-19(15)24/h2-10,13H,11-12H2,1H3. The molecule has 2 aromatic carbocycles. The lowest BCUT2D eigenvalue weighted by Crippen LogP contribution is -2.29. The number of alkyl halides is 3. The second-order valence-corrected chi connectivity index (χ2v) is 7.88. The molecule has 2 aliphatic rings. The first kappa shape index (κ1) is 19.9. The molecule has 0 saturated carbocycles. The Bertz CT molecular complexity index is 1040. The topological polar surface area (TPSA) is 6.48 Å². The van der Waals surface area contributed by atoms with Crippen LogP contribution in [0.25, 0.3) is 5.70 Å². The summed E-state index contributed by atoms with van der Waals surface area (Å²) in [6, 6.07) is 14.2. The molecule has 7 heteroatoms. The van der Waals surface area contributed by atoms with Crippen molar-refractivity contribution in [2.24, 2.45) is 0 Å².